The van der Waals surface area contributed by atoms with Gasteiger partial charge in [-0.15, -0.1) is 0 Å². The lowest BCUT2D eigenvalue weighted by Crippen LogP contribution is -2.27. The first kappa shape index (κ1) is 24.8. The first-order valence-corrected chi connectivity index (χ1v) is 15.6. The summed E-state index contributed by atoms with van der Waals surface area (Å²) < 4.78 is 5.58. The van der Waals surface area contributed by atoms with Crippen molar-refractivity contribution in [3.05, 3.63) is 158 Å². The third kappa shape index (κ3) is 2.89. The molecule has 47 heavy (non-hydrogen) atoms. The van der Waals surface area contributed by atoms with Crippen LogP contribution in [0.2, 0.25) is 0 Å². The molecule has 0 amide bonds. The van der Waals surface area contributed by atoms with Crippen LogP contribution in [0.4, 0.5) is 0 Å². The van der Waals surface area contributed by atoms with Crippen molar-refractivity contribution in [3.63, 3.8) is 0 Å². The van der Waals surface area contributed by atoms with Gasteiger partial charge in [0, 0.05) is 43.1 Å². The SMILES string of the molecule is O=c1c2ccccc2n2c(=O)n3c4cc5c6ccccc6n(-c6cccc7ccccc67)c5cc4c(=O)c4ccc5ccc1c2c5c43. The van der Waals surface area contributed by atoms with E-state index in [0.29, 0.717) is 43.6 Å². The summed E-state index contributed by atoms with van der Waals surface area (Å²) in [5.41, 5.74) is 4.51. The Hall–Kier alpha value is -6.53. The van der Waals surface area contributed by atoms with E-state index in [0.717, 1.165) is 49.0 Å². The third-order valence-electron chi connectivity index (χ3n) is 10.1. The van der Waals surface area contributed by atoms with Crippen LogP contribution in [-0.2, 0) is 0 Å². The Morgan fingerprint density at radius 3 is 1.77 bits per heavy atom. The van der Waals surface area contributed by atoms with Crippen molar-refractivity contribution in [2.24, 2.45) is 0 Å². The zero-order valence-electron chi connectivity index (χ0n) is 24.7. The van der Waals surface area contributed by atoms with E-state index < -0.39 is 0 Å². The van der Waals surface area contributed by atoms with E-state index in [9.17, 15) is 14.4 Å². The molecule has 11 rings (SSSR count). The van der Waals surface area contributed by atoms with Gasteiger partial charge in [-0.3, -0.25) is 18.4 Å². The summed E-state index contributed by atoms with van der Waals surface area (Å²) in [5, 5.41) is 7.65. The van der Waals surface area contributed by atoms with E-state index in [2.05, 4.69) is 47.0 Å². The quantitative estimate of drug-likeness (QED) is 0.141. The number of fused-ring (bicyclic) bond motifs is 8. The highest BCUT2D eigenvalue weighted by Gasteiger charge is 2.24. The Morgan fingerprint density at radius 1 is 0.383 bits per heavy atom. The first-order valence-electron chi connectivity index (χ1n) is 15.6. The molecule has 0 saturated carbocycles. The average Bonchev–Trinajstić information content (AvgIpc) is 3.43. The number of hydrogen-bond acceptors (Lipinski definition) is 3. The molecule has 0 aliphatic carbocycles. The van der Waals surface area contributed by atoms with Crippen molar-refractivity contribution in [1.82, 2.24) is 13.4 Å². The van der Waals surface area contributed by atoms with Crippen LogP contribution >= 0.6 is 0 Å². The minimum Gasteiger partial charge on any atom is -0.309 e. The fourth-order valence-corrected chi connectivity index (χ4v) is 8.13. The minimum atomic E-state index is -0.315. The van der Waals surface area contributed by atoms with Crippen molar-refractivity contribution in [2.75, 3.05) is 0 Å². The van der Waals surface area contributed by atoms with Crippen LogP contribution in [0.3, 0.4) is 0 Å². The Morgan fingerprint density at radius 2 is 0.979 bits per heavy atom. The standard InChI is InChI=1S/C41H21N3O3/c45-39-26-12-4-6-14-33(26)43-37-27(39)18-16-23-17-19-28-38(36(23)37)44(41(43)47)35-20-29-25-11-3-5-13-32(25)42(34(29)21-30(35)40(28)46)31-15-7-9-22-8-1-2-10-24(22)31/h1-21H. The Labute approximate surface area is 263 Å². The van der Waals surface area contributed by atoms with Crippen molar-refractivity contribution < 1.29 is 0 Å². The molecule has 0 spiro atoms. The minimum absolute atomic E-state index is 0.127. The van der Waals surface area contributed by atoms with E-state index in [-0.39, 0.29) is 16.5 Å². The maximum atomic E-state index is 14.9. The average molecular weight is 604 g/mol. The lowest BCUT2D eigenvalue weighted by molar-refractivity contribution is 1.00. The Balaban J connectivity index is 1.43. The van der Waals surface area contributed by atoms with Gasteiger partial charge in [0.2, 0.25) is 0 Å². The van der Waals surface area contributed by atoms with Gasteiger partial charge in [0.15, 0.2) is 10.9 Å². The molecule has 11 aromatic rings. The van der Waals surface area contributed by atoms with Crippen molar-refractivity contribution in [1.29, 1.82) is 0 Å². The van der Waals surface area contributed by atoms with Crippen molar-refractivity contribution >= 4 is 87.0 Å². The summed E-state index contributed by atoms with van der Waals surface area (Å²) in [4.78, 5) is 43.1. The predicted octanol–water partition coefficient (Wildman–Crippen LogP) is 8.01. The van der Waals surface area contributed by atoms with Gasteiger partial charge in [-0.25, -0.2) is 4.79 Å². The molecule has 0 aliphatic rings. The molecule has 4 heterocycles. The number of rotatable bonds is 1. The van der Waals surface area contributed by atoms with Crippen LogP contribution < -0.4 is 16.5 Å². The second kappa shape index (κ2) is 8.38. The first-order chi connectivity index (χ1) is 23.1. The number of nitrogens with zero attached hydrogens (tertiary/aromatic N) is 3. The summed E-state index contributed by atoms with van der Waals surface area (Å²) in [5.74, 6) is 0. The predicted molar refractivity (Wildman–Crippen MR) is 191 cm³/mol. The lowest BCUT2D eigenvalue weighted by Gasteiger charge is -2.18. The molecule has 0 fully saturated rings. The molecular weight excluding hydrogens is 582 g/mol. The fraction of sp³-hybridized carbons (Fsp3) is 0. The summed E-state index contributed by atoms with van der Waals surface area (Å²) >= 11 is 0. The van der Waals surface area contributed by atoms with Crippen molar-refractivity contribution in [2.45, 2.75) is 0 Å². The van der Waals surface area contributed by atoms with E-state index in [1.807, 2.05) is 72.8 Å². The van der Waals surface area contributed by atoms with Crippen molar-refractivity contribution in [3.8, 4) is 5.69 Å². The van der Waals surface area contributed by atoms with Gasteiger partial charge in [-0.2, -0.15) is 0 Å². The van der Waals surface area contributed by atoms with Gasteiger partial charge >= 0.3 is 5.69 Å². The number of benzene rings is 7. The summed E-state index contributed by atoms with van der Waals surface area (Å²) in [6.45, 7) is 0. The van der Waals surface area contributed by atoms with Crippen LogP contribution in [0.25, 0.3) is 92.6 Å². The van der Waals surface area contributed by atoms with Crippen LogP contribution in [0.5, 0.6) is 0 Å². The normalized spacial score (nSPS) is 12.5. The summed E-state index contributed by atoms with van der Waals surface area (Å²) in [6, 6.07) is 41.4. The highest BCUT2D eigenvalue weighted by molar-refractivity contribution is 6.22. The molecule has 0 N–H and O–H groups in total. The second-order valence-electron chi connectivity index (χ2n) is 12.4. The molecule has 0 unspecified atom stereocenters. The molecule has 6 nitrogen and oxygen atoms in total. The molecule has 0 saturated heterocycles. The van der Waals surface area contributed by atoms with Crippen LogP contribution in [0, 0.1) is 0 Å². The van der Waals surface area contributed by atoms with E-state index in [1.54, 1.807) is 20.9 Å². The topological polar surface area (TPSA) is 65.0 Å². The molecule has 0 aliphatic heterocycles. The van der Waals surface area contributed by atoms with Gasteiger partial charge in [0.1, 0.15) is 0 Å². The van der Waals surface area contributed by atoms with E-state index in [4.69, 9.17) is 0 Å². The molecular formula is C41H21N3O3. The molecule has 7 aromatic carbocycles. The zero-order valence-corrected chi connectivity index (χ0v) is 24.7. The lowest BCUT2D eigenvalue weighted by atomic mass is 9.98. The highest BCUT2D eigenvalue weighted by atomic mass is 16.1. The number of hydrogen-bond donors (Lipinski definition) is 0. The van der Waals surface area contributed by atoms with Gasteiger partial charge in [-0.05, 0) is 59.3 Å². The summed E-state index contributed by atoms with van der Waals surface area (Å²) in [7, 11) is 0. The van der Waals surface area contributed by atoms with Gasteiger partial charge in [0.25, 0.3) is 0 Å². The fourth-order valence-electron chi connectivity index (χ4n) is 8.13. The van der Waals surface area contributed by atoms with Gasteiger partial charge in [0.05, 0.1) is 38.8 Å². The van der Waals surface area contributed by atoms with Crippen LogP contribution in [-0.4, -0.2) is 13.4 Å². The molecule has 4 aromatic heterocycles. The molecule has 0 radical (unpaired) electrons. The van der Waals surface area contributed by atoms with E-state index in [1.165, 1.54) is 0 Å². The van der Waals surface area contributed by atoms with Gasteiger partial charge < -0.3 is 4.57 Å². The van der Waals surface area contributed by atoms with E-state index >= 15 is 0 Å². The maximum absolute atomic E-state index is 14.9. The number of para-hydroxylation sites is 2. The van der Waals surface area contributed by atoms with Crippen LogP contribution in [0.15, 0.2) is 142 Å². The third-order valence-corrected chi connectivity index (χ3v) is 10.1. The highest BCUT2D eigenvalue weighted by Crippen LogP contribution is 2.38. The number of aromatic nitrogens is 3. The van der Waals surface area contributed by atoms with Gasteiger partial charge in [-0.1, -0.05) is 78.9 Å². The Kier molecular flexibility index (Phi) is 4.42. The summed E-state index contributed by atoms with van der Waals surface area (Å²) in [6.07, 6.45) is 0. The molecule has 218 valence electrons. The second-order valence-corrected chi connectivity index (χ2v) is 12.4. The molecule has 6 heteroatoms. The zero-order chi connectivity index (χ0) is 31.1. The molecule has 0 atom stereocenters. The maximum Gasteiger partial charge on any atom is 0.338 e. The number of pyridine rings is 2. The van der Waals surface area contributed by atoms with Crippen LogP contribution in [0.1, 0.15) is 0 Å². The molecule has 0 bridgehead atoms. The Bertz CT molecular complexity index is 3360. The monoisotopic (exact) mass is 603 g/mol. The largest absolute Gasteiger partial charge is 0.338 e. The smallest absolute Gasteiger partial charge is 0.309 e.